The molecule has 0 atom stereocenters. The number of carboxylic acid groups (broad SMARTS) is 1. The fourth-order valence-corrected chi connectivity index (χ4v) is 2.72. The summed E-state index contributed by atoms with van der Waals surface area (Å²) >= 11 is 0. The van der Waals surface area contributed by atoms with E-state index < -0.39 is 5.97 Å². The molecule has 1 aliphatic rings. The Balaban J connectivity index is 1.95. The largest absolute Gasteiger partial charge is 0.480 e. The average Bonchev–Trinajstić information content (AvgIpc) is 2.46. The fourth-order valence-electron chi connectivity index (χ4n) is 2.72. The lowest BCUT2D eigenvalue weighted by Gasteiger charge is -2.30. The number of rotatable bonds is 6. The smallest absolute Gasteiger partial charge is 0.317 e. The van der Waals surface area contributed by atoms with Crippen molar-refractivity contribution in [1.82, 2.24) is 9.80 Å². The Labute approximate surface area is 125 Å². The summed E-state index contributed by atoms with van der Waals surface area (Å²) in [6.45, 7) is 4.05. The van der Waals surface area contributed by atoms with Crippen LogP contribution in [0.5, 0.6) is 0 Å². The van der Waals surface area contributed by atoms with Gasteiger partial charge in [-0.15, -0.1) is 0 Å². The fraction of sp³-hybridized carbons (Fsp3) is 0.500. The van der Waals surface area contributed by atoms with Crippen molar-refractivity contribution in [2.45, 2.75) is 26.3 Å². The summed E-state index contributed by atoms with van der Waals surface area (Å²) in [5, 5.41) is 8.90. The van der Waals surface area contributed by atoms with Gasteiger partial charge in [0.15, 0.2) is 0 Å². The van der Waals surface area contributed by atoms with E-state index in [1.807, 2.05) is 24.0 Å². The minimum atomic E-state index is -0.889. The first-order valence-electron chi connectivity index (χ1n) is 7.39. The van der Waals surface area contributed by atoms with Crippen molar-refractivity contribution < 1.29 is 14.7 Å². The molecule has 1 N–H and O–H groups in total. The third kappa shape index (κ3) is 4.29. The van der Waals surface area contributed by atoms with Crippen molar-refractivity contribution in [3.8, 4) is 0 Å². The van der Waals surface area contributed by atoms with Crippen LogP contribution < -0.4 is 0 Å². The SMILES string of the molecule is CCCN(CC(=O)O)CC(=O)N1CCc2ccccc2C1. The number of amides is 1. The van der Waals surface area contributed by atoms with Gasteiger partial charge in [-0.3, -0.25) is 14.5 Å². The summed E-state index contributed by atoms with van der Waals surface area (Å²) in [6, 6.07) is 8.16. The van der Waals surface area contributed by atoms with Gasteiger partial charge in [0.05, 0.1) is 13.1 Å². The molecule has 114 valence electrons. The highest BCUT2D eigenvalue weighted by Gasteiger charge is 2.22. The summed E-state index contributed by atoms with van der Waals surface area (Å²) in [6.07, 6.45) is 1.71. The van der Waals surface area contributed by atoms with Crippen molar-refractivity contribution in [3.05, 3.63) is 35.4 Å². The zero-order valence-electron chi connectivity index (χ0n) is 12.4. The van der Waals surface area contributed by atoms with Gasteiger partial charge in [-0.1, -0.05) is 31.2 Å². The molecule has 21 heavy (non-hydrogen) atoms. The van der Waals surface area contributed by atoms with E-state index in [-0.39, 0.29) is 19.0 Å². The number of carbonyl (C=O) groups is 2. The Morgan fingerprint density at radius 3 is 2.62 bits per heavy atom. The predicted molar refractivity (Wildman–Crippen MR) is 79.9 cm³/mol. The molecule has 0 spiro atoms. The number of aliphatic carboxylic acids is 1. The monoisotopic (exact) mass is 290 g/mol. The van der Waals surface area contributed by atoms with Gasteiger partial charge < -0.3 is 10.0 Å². The quantitative estimate of drug-likeness (QED) is 0.859. The van der Waals surface area contributed by atoms with E-state index >= 15 is 0 Å². The highest BCUT2D eigenvalue weighted by molar-refractivity contribution is 5.79. The van der Waals surface area contributed by atoms with Gasteiger partial charge in [-0.25, -0.2) is 0 Å². The average molecular weight is 290 g/mol. The van der Waals surface area contributed by atoms with Gasteiger partial charge in [0.1, 0.15) is 0 Å². The van der Waals surface area contributed by atoms with Crippen LogP contribution in [0.4, 0.5) is 0 Å². The van der Waals surface area contributed by atoms with Crippen molar-refractivity contribution in [2.24, 2.45) is 0 Å². The third-order valence-electron chi connectivity index (χ3n) is 3.74. The molecule has 5 nitrogen and oxygen atoms in total. The summed E-state index contributed by atoms with van der Waals surface area (Å²) in [7, 11) is 0. The summed E-state index contributed by atoms with van der Waals surface area (Å²) in [5.74, 6) is -0.876. The topological polar surface area (TPSA) is 60.9 Å². The van der Waals surface area contributed by atoms with Gasteiger partial charge in [-0.2, -0.15) is 0 Å². The second kappa shape index (κ2) is 7.22. The highest BCUT2D eigenvalue weighted by atomic mass is 16.4. The van der Waals surface area contributed by atoms with Crippen LogP contribution in [-0.4, -0.2) is 53.0 Å². The first-order chi connectivity index (χ1) is 10.1. The van der Waals surface area contributed by atoms with Gasteiger partial charge in [0, 0.05) is 13.1 Å². The molecule has 0 aliphatic carbocycles. The summed E-state index contributed by atoms with van der Waals surface area (Å²) in [5.41, 5.74) is 2.50. The Kier molecular flexibility index (Phi) is 5.33. The number of carbonyl (C=O) groups excluding carboxylic acids is 1. The lowest BCUT2D eigenvalue weighted by atomic mass is 10.00. The van der Waals surface area contributed by atoms with E-state index in [0.717, 1.165) is 12.8 Å². The maximum atomic E-state index is 12.4. The molecule has 0 radical (unpaired) electrons. The number of nitrogens with zero attached hydrogens (tertiary/aromatic N) is 2. The Hall–Kier alpha value is -1.88. The third-order valence-corrected chi connectivity index (χ3v) is 3.74. The Bertz CT molecular complexity index is 516. The molecular formula is C16H22N2O3. The summed E-state index contributed by atoms with van der Waals surface area (Å²) in [4.78, 5) is 26.7. The van der Waals surface area contributed by atoms with Crippen LogP contribution in [0, 0.1) is 0 Å². The Morgan fingerprint density at radius 2 is 1.95 bits per heavy atom. The lowest BCUT2D eigenvalue weighted by Crippen LogP contribution is -2.44. The highest BCUT2D eigenvalue weighted by Crippen LogP contribution is 2.18. The van der Waals surface area contributed by atoms with E-state index in [1.165, 1.54) is 11.1 Å². The second-order valence-corrected chi connectivity index (χ2v) is 5.44. The number of hydrogen-bond acceptors (Lipinski definition) is 3. The molecule has 0 unspecified atom stereocenters. The lowest BCUT2D eigenvalue weighted by molar-refractivity contribution is -0.140. The number of benzene rings is 1. The van der Waals surface area contributed by atoms with Crippen molar-refractivity contribution in [1.29, 1.82) is 0 Å². The maximum absolute atomic E-state index is 12.4. The minimum Gasteiger partial charge on any atom is -0.480 e. The first-order valence-corrected chi connectivity index (χ1v) is 7.39. The van der Waals surface area contributed by atoms with Crippen molar-refractivity contribution in [3.63, 3.8) is 0 Å². The molecule has 2 rings (SSSR count). The zero-order chi connectivity index (χ0) is 15.2. The molecule has 1 heterocycles. The summed E-state index contributed by atoms with van der Waals surface area (Å²) < 4.78 is 0. The predicted octanol–water partition coefficient (Wildman–Crippen LogP) is 1.37. The number of hydrogen-bond donors (Lipinski definition) is 1. The molecule has 1 aromatic rings. The standard InChI is InChI=1S/C16H22N2O3/c1-2-8-17(12-16(20)21)11-15(19)18-9-7-13-5-3-4-6-14(13)10-18/h3-6H,2,7-12H2,1H3,(H,20,21). The Morgan fingerprint density at radius 1 is 1.24 bits per heavy atom. The second-order valence-electron chi connectivity index (χ2n) is 5.44. The number of carboxylic acids is 1. The van der Waals surface area contributed by atoms with Crippen molar-refractivity contribution in [2.75, 3.05) is 26.2 Å². The number of fused-ring (bicyclic) bond motifs is 1. The minimum absolute atomic E-state index is 0.0132. The van der Waals surface area contributed by atoms with E-state index in [4.69, 9.17) is 5.11 Å². The van der Waals surface area contributed by atoms with Crippen LogP contribution in [0.15, 0.2) is 24.3 Å². The molecule has 0 fully saturated rings. The molecular weight excluding hydrogens is 268 g/mol. The molecule has 0 aromatic heterocycles. The van der Waals surface area contributed by atoms with E-state index in [0.29, 0.717) is 19.6 Å². The van der Waals surface area contributed by atoms with E-state index in [2.05, 4.69) is 12.1 Å². The van der Waals surface area contributed by atoms with Crippen LogP contribution in [0.2, 0.25) is 0 Å². The van der Waals surface area contributed by atoms with Crippen molar-refractivity contribution >= 4 is 11.9 Å². The van der Waals surface area contributed by atoms with E-state index in [9.17, 15) is 9.59 Å². The normalized spacial score (nSPS) is 14.1. The van der Waals surface area contributed by atoms with Crippen LogP contribution in [0.25, 0.3) is 0 Å². The van der Waals surface area contributed by atoms with Gasteiger partial charge in [-0.05, 0) is 30.5 Å². The first kappa shape index (κ1) is 15.5. The van der Waals surface area contributed by atoms with E-state index in [1.54, 1.807) is 4.90 Å². The van der Waals surface area contributed by atoms with Crippen LogP contribution in [-0.2, 0) is 22.6 Å². The molecule has 0 bridgehead atoms. The molecule has 5 heteroatoms. The van der Waals surface area contributed by atoms with Crippen LogP contribution in [0.3, 0.4) is 0 Å². The molecule has 0 saturated carbocycles. The molecule has 1 aromatic carbocycles. The van der Waals surface area contributed by atoms with Crippen LogP contribution in [0.1, 0.15) is 24.5 Å². The molecule has 1 aliphatic heterocycles. The van der Waals surface area contributed by atoms with Gasteiger partial charge >= 0.3 is 5.97 Å². The molecule has 0 saturated heterocycles. The van der Waals surface area contributed by atoms with Gasteiger partial charge in [0.25, 0.3) is 0 Å². The zero-order valence-corrected chi connectivity index (χ0v) is 12.4. The van der Waals surface area contributed by atoms with Gasteiger partial charge in [0.2, 0.25) is 5.91 Å². The molecule has 1 amide bonds. The maximum Gasteiger partial charge on any atom is 0.317 e. The van der Waals surface area contributed by atoms with Crippen LogP contribution >= 0.6 is 0 Å².